The number of guanidine groups is 1. The zero-order valence-electron chi connectivity index (χ0n) is 16.1. The van der Waals surface area contributed by atoms with Crippen LogP contribution in [0.3, 0.4) is 0 Å². The minimum Gasteiger partial charge on any atom is -0.497 e. The van der Waals surface area contributed by atoms with Gasteiger partial charge in [-0.25, -0.2) is 4.98 Å². The summed E-state index contributed by atoms with van der Waals surface area (Å²) in [4.78, 5) is 11.3. The molecule has 0 spiro atoms. The van der Waals surface area contributed by atoms with Gasteiger partial charge < -0.3 is 15.0 Å². The number of ether oxygens (including phenoxy) is 1. The second kappa shape index (κ2) is 8.12. The third-order valence-corrected chi connectivity index (χ3v) is 4.94. The molecule has 4 rings (SSSR count). The number of aromatic amines is 1. The van der Waals surface area contributed by atoms with Gasteiger partial charge in [-0.15, -0.1) is 0 Å². The Labute approximate surface area is 164 Å². The Bertz CT molecular complexity index is 963. The molecule has 0 fully saturated rings. The fraction of sp³-hybridized carbons (Fsp3) is 0.286. The topological polar surface area (TPSA) is 78.4 Å². The summed E-state index contributed by atoms with van der Waals surface area (Å²) >= 11 is 0. The van der Waals surface area contributed by atoms with Crippen molar-refractivity contribution in [1.29, 1.82) is 0 Å². The summed E-state index contributed by atoms with van der Waals surface area (Å²) in [5, 5.41) is 10.7. The highest BCUT2D eigenvalue weighted by Crippen LogP contribution is 2.20. The van der Waals surface area contributed by atoms with Gasteiger partial charge >= 0.3 is 0 Å². The summed E-state index contributed by atoms with van der Waals surface area (Å²) in [5.41, 5.74) is 3.73. The summed E-state index contributed by atoms with van der Waals surface area (Å²) in [5.74, 6) is 3.12. The Morgan fingerprint density at radius 1 is 1.18 bits per heavy atom. The number of nitrogens with zero attached hydrogens (tertiary/aromatic N) is 4. The molecule has 0 radical (unpaired) electrons. The van der Waals surface area contributed by atoms with Crippen LogP contribution in [0.1, 0.15) is 17.0 Å². The Hall–Kier alpha value is -3.35. The number of aliphatic imine (C=N–C) groups is 1. The lowest BCUT2D eigenvalue weighted by atomic mass is 10.0. The van der Waals surface area contributed by atoms with Crippen LogP contribution >= 0.6 is 0 Å². The van der Waals surface area contributed by atoms with E-state index in [4.69, 9.17) is 4.74 Å². The van der Waals surface area contributed by atoms with Gasteiger partial charge in [-0.05, 0) is 41.8 Å². The predicted octanol–water partition coefficient (Wildman–Crippen LogP) is 2.61. The zero-order chi connectivity index (χ0) is 19.3. The highest BCUT2D eigenvalue weighted by molar-refractivity contribution is 5.80. The molecule has 1 aromatic heterocycles. The normalized spacial score (nSPS) is 13.9. The smallest absolute Gasteiger partial charge is 0.194 e. The van der Waals surface area contributed by atoms with E-state index in [9.17, 15) is 0 Å². The number of hydrogen-bond donors (Lipinski definition) is 2. The first kappa shape index (κ1) is 18.0. The summed E-state index contributed by atoms with van der Waals surface area (Å²) in [7, 11) is 3.46. The van der Waals surface area contributed by atoms with Gasteiger partial charge in [0.1, 0.15) is 11.6 Å². The molecule has 7 nitrogen and oxygen atoms in total. The van der Waals surface area contributed by atoms with E-state index in [1.807, 2.05) is 31.3 Å². The lowest BCUT2D eigenvalue weighted by Crippen LogP contribution is -2.43. The minimum absolute atomic E-state index is 0.536. The quantitative estimate of drug-likeness (QED) is 0.541. The number of benzene rings is 2. The molecule has 0 unspecified atom stereocenters. The lowest BCUT2D eigenvalue weighted by Gasteiger charge is -2.31. The molecular formula is C21H24N6O. The van der Waals surface area contributed by atoms with Crippen molar-refractivity contribution >= 4 is 5.96 Å². The largest absolute Gasteiger partial charge is 0.497 e. The van der Waals surface area contributed by atoms with Crippen molar-refractivity contribution in [2.75, 3.05) is 20.7 Å². The van der Waals surface area contributed by atoms with E-state index < -0.39 is 0 Å². The predicted molar refractivity (Wildman–Crippen MR) is 109 cm³/mol. The minimum atomic E-state index is 0.536. The molecule has 144 valence electrons. The fourth-order valence-corrected chi connectivity index (χ4v) is 3.42. The highest BCUT2D eigenvalue weighted by Gasteiger charge is 2.18. The third kappa shape index (κ3) is 3.83. The summed E-state index contributed by atoms with van der Waals surface area (Å²) < 4.78 is 5.19. The first-order valence-corrected chi connectivity index (χ1v) is 9.35. The number of methoxy groups -OCH3 is 1. The van der Waals surface area contributed by atoms with Crippen LogP contribution in [-0.2, 0) is 19.5 Å². The molecule has 2 aromatic carbocycles. The molecule has 1 aliphatic rings. The maximum Gasteiger partial charge on any atom is 0.194 e. The van der Waals surface area contributed by atoms with Crippen LogP contribution in [0.25, 0.3) is 11.4 Å². The number of hydrogen-bond acceptors (Lipinski definition) is 4. The van der Waals surface area contributed by atoms with Crippen LogP contribution in [0.15, 0.2) is 53.5 Å². The van der Waals surface area contributed by atoms with Gasteiger partial charge in [0.05, 0.1) is 13.7 Å². The third-order valence-electron chi connectivity index (χ3n) is 4.94. The molecule has 2 heterocycles. The number of nitrogens with one attached hydrogen (secondary N) is 2. The second-order valence-corrected chi connectivity index (χ2v) is 6.68. The standard InChI is InChI=1S/C21H24N6O/c1-22-21(27-12-11-15-5-3-4-6-17(15)14-27)23-13-19-24-20(26-25-19)16-7-9-18(28-2)10-8-16/h3-10H,11-14H2,1-2H3,(H,22,23)(H,24,25,26). The van der Waals surface area contributed by atoms with E-state index in [1.54, 1.807) is 7.11 Å². The molecule has 3 aromatic rings. The van der Waals surface area contributed by atoms with Crippen molar-refractivity contribution in [3.8, 4) is 17.1 Å². The molecule has 0 atom stereocenters. The van der Waals surface area contributed by atoms with E-state index in [0.717, 1.165) is 42.6 Å². The van der Waals surface area contributed by atoms with Crippen LogP contribution in [0.2, 0.25) is 0 Å². The molecule has 28 heavy (non-hydrogen) atoms. The molecule has 2 N–H and O–H groups in total. The number of H-pyrrole nitrogens is 1. The highest BCUT2D eigenvalue weighted by atomic mass is 16.5. The maximum atomic E-state index is 5.19. The monoisotopic (exact) mass is 376 g/mol. The first-order chi connectivity index (χ1) is 13.8. The number of aromatic nitrogens is 3. The van der Waals surface area contributed by atoms with E-state index >= 15 is 0 Å². The first-order valence-electron chi connectivity index (χ1n) is 9.35. The summed E-state index contributed by atoms with van der Waals surface area (Å²) in [6, 6.07) is 16.3. The fourth-order valence-electron chi connectivity index (χ4n) is 3.42. The van der Waals surface area contributed by atoms with Gasteiger partial charge in [-0.1, -0.05) is 24.3 Å². The Morgan fingerprint density at radius 2 is 1.96 bits per heavy atom. The molecule has 0 saturated heterocycles. The zero-order valence-corrected chi connectivity index (χ0v) is 16.1. The van der Waals surface area contributed by atoms with Crippen LogP contribution in [0, 0.1) is 0 Å². The summed E-state index contributed by atoms with van der Waals surface area (Å²) in [6.07, 6.45) is 1.03. The molecule has 0 saturated carbocycles. The van der Waals surface area contributed by atoms with Gasteiger partial charge in [-0.2, -0.15) is 5.10 Å². The molecule has 7 heteroatoms. The molecular weight excluding hydrogens is 352 g/mol. The van der Waals surface area contributed by atoms with E-state index in [-0.39, 0.29) is 0 Å². The lowest BCUT2D eigenvalue weighted by molar-refractivity contribution is 0.378. The van der Waals surface area contributed by atoms with Gasteiger partial charge in [0.25, 0.3) is 0 Å². The van der Waals surface area contributed by atoms with Crippen molar-refractivity contribution in [1.82, 2.24) is 25.4 Å². The maximum absolute atomic E-state index is 5.19. The van der Waals surface area contributed by atoms with Crippen molar-refractivity contribution in [3.05, 3.63) is 65.5 Å². The SMILES string of the molecule is CN=C(NCc1nc(-c2ccc(OC)cc2)n[nH]1)N1CCc2ccccc2C1. The van der Waals surface area contributed by atoms with Crippen LogP contribution < -0.4 is 10.1 Å². The second-order valence-electron chi connectivity index (χ2n) is 6.68. The van der Waals surface area contributed by atoms with Crippen LogP contribution in [-0.4, -0.2) is 46.7 Å². The molecule has 0 aliphatic carbocycles. The van der Waals surface area contributed by atoms with Gasteiger partial charge in [-0.3, -0.25) is 10.1 Å². The molecule has 1 aliphatic heterocycles. The Morgan fingerprint density at radius 3 is 2.71 bits per heavy atom. The van der Waals surface area contributed by atoms with Gasteiger partial charge in [0.2, 0.25) is 0 Å². The van der Waals surface area contributed by atoms with Crippen molar-refractivity contribution in [2.45, 2.75) is 19.5 Å². The van der Waals surface area contributed by atoms with Crippen LogP contribution in [0.4, 0.5) is 0 Å². The Balaban J connectivity index is 1.39. The van der Waals surface area contributed by atoms with Gasteiger partial charge in [0, 0.05) is 25.7 Å². The van der Waals surface area contributed by atoms with Crippen molar-refractivity contribution in [2.24, 2.45) is 4.99 Å². The summed E-state index contributed by atoms with van der Waals surface area (Å²) in [6.45, 7) is 2.35. The van der Waals surface area contributed by atoms with Gasteiger partial charge in [0.15, 0.2) is 11.8 Å². The van der Waals surface area contributed by atoms with Crippen molar-refractivity contribution < 1.29 is 4.74 Å². The van der Waals surface area contributed by atoms with E-state index in [2.05, 4.69) is 54.7 Å². The van der Waals surface area contributed by atoms with E-state index in [0.29, 0.717) is 12.4 Å². The van der Waals surface area contributed by atoms with E-state index in [1.165, 1.54) is 11.1 Å². The number of fused-ring (bicyclic) bond motifs is 1. The molecule has 0 amide bonds. The Kier molecular flexibility index (Phi) is 5.23. The number of rotatable bonds is 4. The van der Waals surface area contributed by atoms with Crippen LogP contribution in [0.5, 0.6) is 5.75 Å². The average molecular weight is 376 g/mol. The molecule has 0 bridgehead atoms. The average Bonchev–Trinajstić information content (AvgIpc) is 3.23. The van der Waals surface area contributed by atoms with Crippen molar-refractivity contribution in [3.63, 3.8) is 0 Å².